The van der Waals surface area contributed by atoms with Crippen molar-refractivity contribution in [3.05, 3.63) is 40.0 Å². The molecule has 1 aromatic carbocycles. The summed E-state index contributed by atoms with van der Waals surface area (Å²) < 4.78 is 53.0. The number of benzene rings is 1. The minimum Gasteiger partial charge on any atom is -0.356 e. The summed E-state index contributed by atoms with van der Waals surface area (Å²) in [6, 6.07) is 1.76. The Morgan fingerprint density at radius 1 is 1.12 bits per heavy atom. The summed E-state index contributed by atoms with van der Waals surface area (Å²) in [5, 5.41) is -0.363. The number of carbonyl (C=O) groups excluding carboxylic acids is 1. The Morgan fingerprint density at radius 3 is 2.41 bits per heavy atom. The van der Waals surface area contributed by atoms with Crippen LogP contribution in [0.3, 0.4) is 0 Å². The van der Waals surface area contributed by atoms with E-state index in [1.165, 1.54) is 0 Å². The van der Waals surface area contributed by atoms with Gasteiger partial charge < -0.3 is 9.80 Å². The van der Waals surface area contributed by atoms with E-state index in [-0.39, 0.29) is 52.1 Å². The molecule has 0 aliphatic carbocycles. The molecule has 12 heteroatoms. The quantitative estimate of drug-likeness (QED) is 0.594. The maximum atomic E-state index is 14.5. The van der Waals surface area contributed by atoms with Gasteiger partial charge in [0.15, 0.2) is 15.7 Å². The van der Waals surface area contributed by atoms with Crippen molar-refractivity contribution in [1.29, 1.82) is 0 Å². The Labute approximate surface area is 196 Å². The Balaban J connectivity index is 0.00000289. The maximum absolute atomic E-state index is 14.5. The molecule has 0 atom stereocenters. The van der Waals surface area contributed by atoms with Crippen molar-refractivity contribution >= 4 is 45.6 Å². The third-order valence-electron chi connectivity index (χ3n) is 5.63. The number of carbonyl (C=O) groups is 1. The van der Waals surface area contributed by atoms with Crippen LogP contribution in [0.4, 0.5) is 14.6 Å². The molecule has 0 N–H and O–H groups in total. The summed E-state index contributed by atoms with van der Waals surface area (Å²) >= 11 is 5.64. The van der Waals surface area contributed by atoms with E-state index in [2.05, 4.69) is 9.97 Å². The molecule has 32 heavy (non-hydrogen) atoms. The molecule has 1 saturated heterocycles. The fraction of sp³-hybridized carbons (Fsp3) is 0.450. The Bertz CT molecular complexity index is 1170. The molecule has 2 aromatic rings. The van der Waals surface area contributed by atoms with Gasteiger partial charge in [0, 0.05) is 38.7 Å². The number of fused-ring (bicyclic) bond motifs is 1. The largest absolute Gasteiger partial charge is 0.356 e. The van der Waals surface area contributed by atoms with E-state index < -0.39 is 21.5 Å². The highest BCUT2D eigenvalue weighted by Gasteiger charge is 2.34. The highest BCUT2D eigenvalue weighted by Crippen LogP contribution is 2.36. The predicted molar refractivity (Wildman–Crippen MR) is 120 cm³/mol. The van der Waals surface area contributed by atoms with Gasteiger partial charge in [0.25, 0.3) is 0 Å². The summed E-state index contributed by atoms with van der Waals surface area (Å²) in [7, 11) is 0.0176. The molecule has 2 aliphatic heterocycles. The van der Waals surface area contributed by atoms with Crippen LogP contribution in [0, 0.1) is 17.6 Å². The van der Waals surface area contributed by atoms with Crippen LogP contribution < -0.4 is 4.90 Å². The highest BCUT2D eigenvalue weighted by molar-refractivity contribution is 7.90. The number of halogens is 4. The molecule has 174 valence electrons. The van der Waals surface area contributed by atoms with Crippen LogP contribution in [0.5, 0.6) is 0 Å². The number of hydrogen-bond acceptors (Lipinski definition) is 6. The molecule has 4 rings (SSSR count). The smallest absolute Gasteiger partial charge is 0.225 e. The number of amides is 1. The van der Waals surface area contributed by atoms with Crippen molar-refractivity contribution in [1.82, 2.24) is 14.9 Å². The number of rotatable bonds is 3. The molecule has 1 fully saturated rings. The number of sulfone groups is 1. The van der Waals surface area contributed by atoms with Gasteiger partial charge in [-0.1, -0.05) is 11.6 Å². The maximum Gasteiger partial charge on any atom is 0.225 e. The van der Waals surface area contributed by atoms with Gasteiger partial charge in [0.2, 0.25) is 5.91 Å². The van der Waals surface area contributed by atoms with E-state index in [1.807, 2.05) is 4.90 Å². The average Bonchev–Trinajstić information content (AvgIpc) is 3.03. The van der Waals surface area contributed by atoms with Crippen LogP contribution in [0.15, 0.2) is 12.1 Å². The number of hydrogen-bond donors (Lipinski definition) is 0. The zero-order valence-electron chi connectivity index (χ0n) is 17.4. The van der Waals surface area contributed by atoms with Gasteiger partial charge in [-0.2, -0.15) is 0 Å². The zero-order valence-corrected chi connectivity index (χ0v) is 19.8. The molecule has 0 spiro atoms. The lowest BCUT2D eigenvalue weighted by Gasteiger charge is -2.34. The number of nitrogens with zero attached hydrogens (tertiary/aromatic N) is 4. The van der Waals surface area contributed by atoms with E-state index in [9.17, 15) is 22.0 Å². The SMILES string of the molecule is CN(C)C(=O)C1CCN(c2nc(-c3cc(F)c(Cl)cc3F)nc3c2CS(=O)(=O)C3)CC1.Cl. The molecule has 0 bridgehead atoms. The second kappa shape index (κ2) is 9.07. The minimum atomic E-state index is -3.40. The van der Waals surface area contributed by atoms with E-state index in [4.69, 9.17) is 11.6 Å². The minimum absolute atomic E-state index is 0. The second-order valence-corrected chi connectivity index (χ2v) is 10.5. The number of piperidine rings is 1. The molecule has 2 aliphatic rings. The summed E-state index contributed by atoms with van der Waals surface area (Å²) in [6.07, 6.45) is 1.17. The molecule has 0 unspecified atom stereocenters. The van der Waals surface area contributed by atoms with Crippen LogP contribution in [-0.4, -0.2) is 56.4 Å². The molecule has 0 saturated carbocycles. The van der Waals surface area contributed by atoms with Gasteiger partial charge in [-0.3, -0.25) is 4.79 Å². The van der Waals surface area contributed by atoms with Crippen LogP contribution in [0.1, 0.15) is 24.1 Å². The third-order valence-corrected chi connectivity index (χ3v) is 7.36. The fourth-order valence-corrected chi connectivity index (χ4v) is 5.69. The van der Waals surface area contributed by atoms with Gasteiger partial charge in [-0.05, 0) is 25.0 Å². The summed E-state index contributed by atoms with van der Waals surface area (Å²) in [5.41, 5.74) is 0.588. The lowest BCUT2D eigenvalue weighted by molar-refractivity contribution is -0.133. The van der Waals surface area contributed by atoms with Crippen LogP contribution >= 0.6 is 24.0 Å². The summed E-state index contributed by atoms with van der Waals surface area (Å²) in [4.78, 5) is 24.4. The lowest BCUT2D eigenvalue weighted by Crippen LogP contribution is -2.41. The van der Waals surface area contributed by atoms with Gasteiger partial charge in [-0.15, -0.1) is 12.4 Å². The Kier molecular flexibility index (Phi) is 6.97. The normalized spacial score (nSPS) is 17.6. The first-order chi connectivity index (χ1) is 14.6. The molecule has 7 nitrogen and oxygen atoms in total. The van der Waals surface area contributed by atoms with Gasteiger partial charge in [0.05, 0.1) is 27.8 Å². The highest BCUT2D eigenvalue weighted by atomic mass is 35.5. The summed E-state index contributed by atoms with van der Waals surface area (Å²) in [6.45, 7) is 0.981. The number of aromatic nitrogens is 2. The monoisotopic (exact) mass is 506 g/mol. The van der Waals surface area contributed by atoms with E-state index in [1.54, 1.807) is 19.0 Å². The topological polar surface area (TPSA) is 83.5 Å². The van der Waals surface area contributed by atoms with Crippen LogP contribution in [0.25, 0.3) is 11.4 Å². The Hall–Kier alpha value is -2.04. The molecule has 1 aromatic heterocycles. The first-order valence-electron chi connectivity index (χ1n) is 9.77. The Morgan fingerprint density at radius 2 is 1.78 bits per heavy atom. The number of anilines is 1. The van der Waals surface area contributed by atoms with Crippen molar-refractivity contribution in [2.75, 3.05) is 32.1 Å². The van der Waals surface area contributed by atoms with Crippen molar-refractivity contribution in [3.63, 3.8) is 0 Å². The van der Waals surface area contributed by atoms with Crippen molar-refractivity contribution in [2.24, 2.45) is 5.92 Å². The second-order valence-electron chi connectivity index (χ2n) is 8.07. The van der Waals surface area contributed by atoms with Crippen LogP contribution in [-0.2, 0) is 26.1 Å². The van der Waals surface area contributed by atoms with E-state index in [0.717, 1.165) is 12.1 Å². The first kappa shape index (κ1) is 24.6. The van der Waals surface area contributed by atoms with E-state index >= 15 is 0 Å². The van der Waals surface area contributed by atoms with Gasteiger partial charge >= 0.3 is 0 Å². The molecule has 3 heterocycles. The van der Waals surface area contributed by atoms with Gasteiger partial charge in [0.1, 0.15) is 17.5 Å². The predicted octanol–water partition coefficient (Wildman–Crippen LogP) is 3.23. The van der Waals surface area contributed by atoms with Crippen LogP contribution in [0.2, 0.25) is 5.02 Å². The molecular weight excluding hydrogens is 485 g/mol. The van der Waals surface area contributed by atoms with Crippen molar-refractivity contribution in [3.8, 4) is 11.4 Å². The van der Waals surface area contributed by atoms with Crippen molar-refractivity contribution in [2.45, 2.75) is 24.3 Å². The molecule has 0 radical (unpaired) electrons. The van der Waals surface area contributed by atoms with Crippen molar-refractivity contribution < 1.29 is 22.0 Å². The standard InChI is InChI=1S/C20H21ClF2N4O3S.ClH/c1-26(2)20(28)11-3-5-27(6-4-11)19-13-9-31(29,30)10-17(13)24-18(25-19)12-7-16(23)14(21)8-15(12)22;/h7-8,11H,3-6,9-10H2,1-2H3;1H. The van der Waals surface area contributed by atoms with E-state index in [0.29, 0.717) is 43.0 Å². The zero-order chi connectivity index (χ0) is 22.5. The lowest BCUT2D eigenvalue weighted by atomic mass is 9.95. The van der Waals surface area contributed by atoms with Gasteiger partial charge in [-0.25, -0.2) is 27.2 Å². The molecule has 1 amide bonds. The molecular formula is C20H22Cl2F2N4O3S. The fourth-order valence-electron chi connectivity index (χ4n) is 4.04. The average molecular weight is 507 g/mol. The third kappa shape index (κ3) is 4.67. The summed E-state index contributed by atoms with van der Waals surface area (Å²) in [5.74, 6) is -1.86. The first-order valence-corrected chi connectivity index (χ1v) is 12.0.